The van der Waals surface area contributed by atoms with Crippen LogP contribution in [0.25, 0.3) is 0 Å². The van der Waals surface area contributed by atoms with Gasteiger partial charge in [-0.3, -0.25) is 0 Å². The third-order valence-corrected chi connectivity index (χ3v) is 3.85. The first kappa shape index (κ1) is 13.8. The number of fused-ring (bicyclic) bond motifs is 1. The van der Waals surface area contributed by atoms with Gasteiger partial charge in [0.05, 0.1) is 12.2 Å². The summed E-state index contributed by atoms with van der Waals surface area (Å²) in [4.78, 5) is 21.0. The SMILES string of the molecule is O=C(O)N1CCc2ncnc(Nc3cccc(Br)c3)c2C1. The monoisotopic (exact) mass is 348 g/mol. The highest BCUT2D eigenvalue weighted by molar-refractivity contribution is 9.10. The lowest BCUT2D eigenvalue weighted by molar-refractivity contribution is 0.139. The fourth-order valence-electron chi connectivity index (χ4n) is 2.32. The molecule has 0 spiro atoms. The second-order valence-corrected chi connectivity index (χ2v) is 5.65. The van der Waals surface area contributed by atoms with Gasteiger partial charge >= 0.3 is 6.09 Å². The Kier molecular flexibility index (Phi) is 3.74. The summed E-state index contributed by atoms with van der Waals surface area (Å²) in [6, 6.07) is 7.72. The normalized spacial score (nSPS) is 13.7. The zero-order valence-electron chi connectivity index (χ0n) is 11.1. The number of nitrogens with one attached hydrogen (secondary N) is 1. The van der Waals surface area contributed by atoms with E-state index in [0.717, 1.165) is 21.4 Å². The fraction of sp³-hybridized carbons (Fsp3) is 0.214. The number of anilines is 2. The standard InChI is InChI=1S/C14H13BrN4O2/c15-9-2-1-3-10(6-9)18-13-11-7-19(14(20)21)5-4-12(11)16-8-17-13/h1-3,6,8H,4-5,7H2,(H,20,21)(H,16,17,18). The fourth-order valence-corrected chi connectivity index (χ4v) is 2.71. The molecule has 1 amide bonds. The van der Waals surface area contributed by atoms with Crippen molar-refractivity contribution in [1.82, 2.24) is 14.9 Å². The molecule has 2 N–H and O–H groups in total. The molecule has 1 aromatic heterocycles. The van der Waals surface area contributed by atoms with Crippen LogP contribution in [0.5, 0.6) is 0 Å². The van der Waals surface area contributed by atoms with Gasteiger partial charge in [-0.25, -0.2) is 14.8 Å². The highest BCUT2D eigenvalue weighted by Gasteiger charge is 2.23. The van der Waals surface area contributed by atoms with Crippen LogP contribution in [0.4, 0.5) is 16.3 Å². The van der Waals surface area contributed by atoms with Crippen molar-refractivity contribution < 1.29 is 9.90 Å². The van der Waals surface area contributed by atoms with Crippen molar-refractivity contribution in [2.24, 2.45) is 0 Å². The predicted octanol–water partition coefficient (Wildman–Crippen LogP) is 3.02. The molecule has 2 heterocycles. The molecule has 21 heavy (non-hydrogen) atoms. The molecule has 3 rings (SSSR count). The first-order valence-corrected chi connectivity index (χ1v) is 7.26. The van der Waals surface area contributed by atoms with E-state index in [2.05, 4.69) is 31.2 Å². The molecule has 0 fully saturated rings. The van der Waals surface area contributed by atoms with Crippen LogP contribution in [0.3, 0.4) is 0 Å². The van der Waals surface area contributed by atoms with Crippen LogP contribution in [-0.2, 0) is 13.0 Å². The van der Waals surface area contributed by atoms with E-state index in [1.807, 2.05) is 24.3 Å². The molecule has 0 bridgehead atoms. The van der Waals surface area contributed by atoms with Crippen LogP contribution in [0, 0.1) is 0 Å². The molecule has 108 valence electrons. The van der Waals surface area contributed by atoms with Crippen LogP contribution in [0.15, 0.2) is 35.1 Å². The average molecular weight is 349 g/mol. The molecule has 0 saturated carbocycles. The number of hydrogen-bond acceptors (Lipinski definition) is 4. The zero-order chi connectivity index (χ0) is 14.8. The van der Waals surface area contributed by atoms with Crippen LogP contribution in [-0.4, -0.2) is 32.6 Å². The topological polar surface area (TPSA) is 78.3 Å². The molecule has 1 aromatic carbocycles. The van der Waals surface area contributed by atoms with Gasteiger partial charge < -0.3 is 15.3 Å². The first-order valence-electron chi connectivity index (χ1n) is 6.46. The van der Waals surface area contributed by atoms with Gasteiger partial charge in [-0.2, -0.15) is 0 Å². The van der Waals surface area contributed by atoms with E-state index in [0.29, 0.717) is 25.3 Å². The second-order valence-electron chi connectivity index (χ2n) is 4.74. The van der Waals surface area contributed by atoms with E-state index in [9.17, 15) is 4.79 Å². The molecule has 2 aromatic rings. The van der Waals surface area contributed by atoms with Crippen molar-refractivity contribution in [1.29, 1.82) is 0 Å². The van der Waals surface area contributed by atoms with E-state index < -0.39 is 6.09 Å². The van der Waals surface area contributed by atoms with Gasteiger partial charge in [-0.05, 0) is 18.2 Å². The van der Waals surface area contributed by atoms with Crippen molar-refractivity contribution in [2.75, 3.05) is 11.9 Å². The average Bonchev–Trinajstić information content (AvgIpc) is 2.47. The van der Waals surface area contributed by atoms with Crippen LogP contribution in [0.2, 0.25) is 0 Å². The number of carboxylic acid groups (broad SMARTS) is 1. The van der Waals surface area contributed by atoms with Crippen molar-refractivity contribution in [3.63, 3.8) is 0 Å². The van der Waals surface area contributed by atoms with E-state index in [-0.39, 0.29) is 0 Å². The van der Waals surface area contributed by atoms with Gasteiger partial charge in [0.1, 0.15) is 12.1 Å². The Hall–Kier alpha value is -2.15. The molecule has 0 atom stereocenters. The smallest absolute Gasteiger partial charge is 0.407 e. The third-order valence-electron chi connectivity index (χ3n) is 3.36. The summed E-state index contributed by atoms with van der Waals surface area (Å²) in [5.74, 6) is 0.657. The lowest BCUT2D eigenvalue weighted by Gasteiger charge is -2.26. The maximum Gasteiger partial charge on any atom is 0.407 e. The van der Waals surface area contributed by atoms with E-state index in [4.69, 9.17) is 5.11 Å². The Bertz CT molecular complexity index is 692. The number of nitrogens with zero attached hydrogens (tertiary/aromatic N) is 3. The third kappa shape index (κ3) is 2.97. The molecule has 6 nitrogen and oxygen atoms in total. The largest absolute Gasteiger partial charge is 0.465 e. The minimum Gasteiger partial charge on any atom is -0.465 e. The number of halogens is 1. The zero-order valence-corrected chi connectivity index (χ0v) is 12.7. The maximum atomic E-state index is 11.1. The lowest BCUT2D eigenvalue weighted by atomic mass is 10.1. The highest BCUT2D eigenvalue weighted by atomic mass is 79.9. The number of rotatable bonds is 2. The Balaban J connectivity index is 1.92. The Morgan fingerprint density at radius 2 is 2.24 bits per heavy atom. The number of amides is 1. The summed E-state index contributed by atoms with van der Waals surface area (Å²) < 4.78 is 0.961. The van der Waals surface area contributed by atoms with E-state index in [1.165, 1.54) is 11.2 Å². The van der Waals surface area contributed by atoms with Crippen LogP contribution < -0.4 is 5.32 Å². The summed E-state index contributed by atoms with van der Waals surface area (Å²) in [5, 5.41) is 12.4. The van der Waals surface area contributed by atoms with Gasteiger partial charge in [0, 0.05) is 28.7 Å². The summed E-state index contributed by atoms with van der Waals surface area (Å²) in [6.07, 6.45) is 1.20. The Morgan fingerprint density at radius 3 is 3.00 bits per heavy atom. The molecule has 0 radical (unpaired) electrons. The van der Waals surface area contributed by atoms with Crippen LogP contribution >= 0.6 is 15.9 Å². The Labute approximate surface area is 130 Å². The molecule has 1 aliphatic heterocycles. The van der Waals surface area contributed by atoms with Crippen LogP contribution in [0.1, 0.15) is 11.3 Å². The summed E-state index contributed by atoms with van der Waals surface area (Å²) >= 11 is 3.42. The van der Waals surface area contributed by atoms with E-state index >= 15 is 0 Å². The van der Waals surface area contributed by atoms with Gasteiger partial charge in [-0.1, -0.05) is 22.0 Å². The first-order chi connectivity index (χ1) is 10.1. The molecule has 0 saturated heterocycles. The van der Waals surface area contributed by atoms with Gasteiger partial charge in [0.2, 0.25) is 0 Å². The summed E-state index contributed by atoms with van der Waals surface area (Å²) in [5.41, 5.74) is 2.63. The van der Waals surface area contributed by atoms with Crippen molar-refractivity contribution in [3.8, 4) is 0 Å². The number of aromatic nitrogens is 2. The van der Waals surface area contributed by atoms with Gasteiger partial charge in [0.15, 0.2) is 0 Å². The highest BCUT2D eigenvalue weighted by Crippen LogP contribution is 2.26. The van der Waals surface area contributed by atoms with E-state index in [1.54, 1.807) is 0 Å². The molecular weight excluding hydrogens is 336 g/mol. The number of hydrogen-bond donors (Lipinski definition) is 2. The second kappa shape index (κ2) is 5.69. The molecule has 0 aliphatic carbocycles. The number of carbonyl (C=O) groups is 1. The van der Waals surface area contributed by atoms with Crippen molar-refractivity contribution in [3.05, 3.63) is 46.3 Å². The lowest BCUT2D eigenvalue weighted by Crippen LogP contribution is -2.35. The van der Waals surface area contributed by atoms with Crippen molar-refractivity contribution in [2.45, 2.75) is 13.0 Å². The van der Waals surface area contributed by atoms with Gasteiger partial charge in [0.25, 0.3) is 0 Å². The minimum absolute atomic E-state index is 0.307. The molecule has 1 aliphatic rings. The molecular formula is C14H13BrN4O2. The minimum atomic E-state index is -0.919. The molecule has 7 heteroatoms. The molecule has 0 unspecified atom stereocenters. The Morgan fingerprint density at radius 1 is 1.38 bits per heavy atom. The van der Waals surface area contributed by atoms with Crippen molar-refractivity contribution >= 4 is 33.5 Å². The summed E-state index contributed by atoms with van der Waals surface area (Å²) in [6.45, 7) is 0.775. The summed E-state index contributed by atoms with van der Waals surface area (Å²) in [7, 11) is 0. The quantitative estimate of drug-likeness (QED) is 0.871. The predicted molar refractivity (Wildman–Crippen MR) is 81.6 cm³/mol. The van der Waals surface area contributed by atoms with Gasteiger partial charge in [-0.15, -0.1) is 0 Å². The number of benzene rings is 1. The maximum absolute atomic E-state index is 11.1.